The van der Waals surface area contributed by atoms with Gasteiger partial charge in [0.2, 0.25) is 5.91 Å². The van der Waals surface area contributed by atoms with Crippen LogP contribution in [0.2, 0.25) is 0 Å². The molecule has 1 aromatic rings. The number of anilines is 1. The predicted molar refractivity (Wildman–Crippen MR) is 86.8 cm³/mol. The quantitative estimate of drug-likeness (QED) is 0.865. The smallest absolute Gasteiger partial charge is 0.321 e. The fourth-order valence-electron chi connectivity index (χ4n) is 3.22. The van der Waals surface area contributed by atoms with Crippen molar-refractivity contribution in [2.24, 2.45) is 5.92 Å². The first kappa shape index (κ1) is 16.7. The molecule has 130 valence electrons. The number of aliphatic hydroxyl groups excluding tert-OH is 1. The normalized spacial score (nSPS) is 22.3. The SMILES string of the molecule is CCC(C)C1C(=O)Nc2cccc(F)c2CN1C(=O)N1CC(O)C1. The summed E-state index contributed by atoms with van der Waals surface area (Å²) in [6.45, 7) is 4.37. The van der Waals surface area contributed by atoms with E-state index in [2.05, 4.69) is 5.32 Å². The van der Waals surface area contributed by atoms with Crippen molar-refractivity contribution in [3.63, 3.8) is 0 Å². The molecular weight excluding hydrogens is 313 g/mol. The van der Waals surface area contributed by atoms with Gasteiger partial charge in [-0.05, 0) is 18.1 Å². The molecule has 1 aromatic carbocycles. The minimum atomic E-state index is -0.674. The minimum absolute atomic E-state index is 0.0290. The van der Waals surface area contributed by atoms with Crippen LogP contribution < -0.4 is 5.32 Å². The molecule has 7 heteroatoms. The van der Waals surface area contributed by atoms with Crippen molar-refractivity contribution < 1.29 is 19.1 Å². The number of rotatable bonds is 2. The second-order valence-electron chi connectivity index (χ2n) is 6.55. The average Bonchev–Trinajstić information content (AvgIpc) is 2.67. The van der Waals surface area contributed by atoms with E-state index in [1.807, 2.05) is 13.8 Å². The highest BCUT2D eigenvalue weighted by molar-refractivity contribution is 5.99. The van der Waals surface area contributed by atoms with Crippen LogP contribution >= 0.6 is 0 Å². The molecule has 3 rings (SSSR count). The Kier molecular flexibility index (Phi) is 4.45. The second kappa shape index (κ2) is 6.39. The summed E-state index contributed by atoms with van der Waals surface area (Å²) in [6.07, 6.45) is 0.185. The molecule has 2 aliphatic rings. The van der Waals surface area contributed by atoms with Gasteiger partial charge in [0.05, 0.1) is 25.7 Å². The molecule has 2 aliphatic heterocycles. The van der Waals surface area contributed by atoms with E-state index in [1.165, 1.54) is 21.9 Å². The third-order valence-corrected chi connectivity index (χ3v) is 4.87. The number of amides is 3. The molecule has 3 amide bonds. The van der Waals surface area contributed by atoms with Crippen LogP contribution in [-0.2, 0) is 11.3 Å². The van der Waals surface area contributed by atoms with Crippen molar-refractivity contribution in [1.82, 2.24) is 9.80 Å². The Hall–Kier alpha value is -2.15. The molecule has 2 N–H and O–H groups in total. The summed E-state index contributed by atoms with van der Waals surface area (Å²) in [5.74, 6) is -0.820. The molecule has 0 aliphatic carbocycles. The second-order valence-corrected chi connectivity index (χ2v) is 6.55. The van der Waals surface area contributed by atoms with Gasteiger partial charge in [-0.25, -0.2) is 9.18 Å². The number of carbonyl (C=O) groups excluding carboxylic acids is 2. The molecule has 1 fully saturated rings. The van der Waals surface area contributed by atoms with Crippen molar-refractivity contribution in [3.8, 4) is 0 Å². The van der Waals surface area contributed by atoms with E-state index in [1.54, 1.807) is 6.07 Å². The highest BCUT2D eigenvalue weighted by atomic mass is 19.1. The Balaban J connectivity index is 1.98. The Bertz CT molecular complexity index is 660. The van der Waals surface area contributed by atoms with Crippen LogP contribution in [0.5, 0.6) is 0 Å². The van der Waals surface area contributed by atoms with Crippen molar-refractivity contribution >= 4 is 17.6 Å². The largest absolute Gasteiger partial charge is 0.389 e. The van der Waals surface area contributed by atoms with Gasteiger partial charge in [0.25, 0.3) is 0 Å². The van der Waals surface area contributed by atoms with Gasteiger partial charge >= 0.3 is 6.03 Å². The molecule has 0 spiro atoms. The number of nitrogens with zero attached hydrogens (tertiary/aromatic N) is 2. The van der Waals surface area contributed by atoms with Crippen LogP contribution in [-0.4, -0.2) is 52.1 Å². The number of β-amino-alcohol motifs (C(OH)–C–C–N with tert-alkyl or cyclic N) is 1. The third kappa shape index (κ3) is 2.84. The molecule has 0 radical (unpaired) electrons. The number of aliphatic hydroxyl groups is 1. The maximum Gasteiger partial charge on any atom is 0.321 e. The molecular formula is C17H22FN3O3. The summed E-state index contributed by atoms with van der Waals surface area (Å²) in [6, 6.07) is 3.50. The van der Waals surface area contributed by atoms with E-state index in [9.17, 15) is 19.1 Å². The van der Waals surface area contributed by atoms with Crippen LogP contribution in [0.25, 0.3) is 0 Å². The summed E-state index contributed by atoms with van der Waals surface area (Å²) in [5, 5.41) is 12.2. The molecule has 6 nitrogen and oxygen atoms in total. The monoisotopic (exact) mass is 335 g/mol. The van der Waals surface area contributed by atoms with E-state index >= 15 is 0 Å². The summed E-state index contributed by atoms with van der Waals surface area (Å²) in [7, 11) is 0. The Morgan fingerprint density at radius 1 is 1.46 bits per heavy atom. The number of benzene rings is 1. The zero-order valence-electron chi connectivity index (χ0n) is 13.8. The lowest BCUT2D eigenvalue weighted by atomic mass is 9.96. The maximum absolute atomic E-state index is 14.2. The zero-order valence-corrected chi connectivity index (χ0v) is 13.8. The van der Waals surface area contributed by atoms with E-state index in [-0.39, 0.29) is 37.5 Å². The van der Waals surface area contributed by atoms with E-state index < -0.39 is 18.0 Å². The maximum atomic E-state index is 14.2. The van der Waals surface area contributed by atoms with Crippen LogP contribution in [0, 0.1) is 11.7 Å². The summed E-state index contributed by atoms with van der Waals surface area (Å²) in [5.41, 5.74) is 0.721. The van der Waals surface area contributed by atoms with E-state index in [0.717, 1.165) is 0 Å². The zero-order chi connectivity index (χ0) is 17.4. The van der Waals surface area contributed by atoms with Gasteiger partial charge in [0.1, 0.15) is 11.9 Å². The topological polar surface area (TPSA) is 72.9 Å². The number of halogens is 1. The first-order valence-electron chi connectivity index (χ1n) is 8.24. The number of carbonyl (C=O) groups is 2. The summed E-state index contributed by atoms with van der Waals surface area (Å²) < 4.78 is 14.2. The van der Waals surface area contributed by atoms with Gasteiger partial charge in [-0.3, -0.25) is 4.79 Å². The number of fused-ring (bicyclic) bond motifs is 1. The third-order valence-electron chi connectivity index (χ3n) is 4.87. The number of hydrogen-bond donors (Lipinski definition) is 2. The van der Waals surface area contributed by atoms with Crippen molar-refractivity contribution in [2.75, 3.05) is 18.4 Å². The number of likely N-dealkylation sites (tertiary alicyclic amines) is 1. The highest BCUT2D eigenvalue weighted by Crippen LogP contribution is 2.30. The Morgan fingerprint density at radius 3 is 2.79 bits per heavy atom. The minimum Gasteiger partial charge on any atom is -0.389 e. The predicted octanol–water partition coefficient (Wildman–Crippen LogP) is 1.79. The lowest BCUT2D eigenvalue weighted by Gasteiger charge is -2.42. The first-order valence-corrected chi connectivity index (χ1v) is 8.24. The number of urea groups is 1. The van der Waals surface area contributed by atoms with Crippen LogP contribution in [0.3, 0.4) is 0 Å². The van der Waals surface area contributed by atoms with Crippen LogP contribution in [0.4, 0.5) is 14.9 Å². The van der Waals surface area contributed by atoms with Crippen molar-refractivity contribution in [1.29, 1.82) is 0 Å². The fraction of sp³-hybridized carbons (Fsp3) is 0.529. The number of nitrogens with one attached hydrogen (secondary N) is 1. The molecule has 2 atom stereocenters. The average molecular weight is 335 g/mol. The van der Waals surface area contributed by atoms with Gasteiger partial charge in [0.15, 0.2) is 0 Å². The van der Waals surface area contributed by atoms with Gasteiger partial charge in [-0.1, -0.05) is 26.3 Å². The van der Waals surface area contributed by atoms with Crippen LogP contribution in [0.1, 0.15) is 25.8 Å². The molecule has 0 aromatic heterocycles. The molecule has 1 saturated heterocycles. The lowest BCUT2D eigenvalue weighted by Crippen LogP contribution is -2.61. The standard InChI is InChI=1S/C17H22FN3O3/c1-3-10(2)15-16(23)19-14-6-4-5-13(18)12(14)9-21(15)17(24)20-7-11(22)8-20/h4-6,10-11,15,22H,3,7-9H2,1-2H3,(H,19,23). The summed E-state index contributed by atoms with van der Waals surface area (Å²) in [4.78, 5) is 28.4. The first-order chi connectivity index (χ1) is 11.4. The number of hydrogen-bond acceptors (Lipinski definition) is 3. The van der Waals surface area contributed by atoms with Crippen molar-refractivity contribution in [2.45, 2.75) is 39.0 Å². The molecule has 2 unspecified atom stereocenters. The summed E-state index contributed by atoms with van der Waals surface area (Å²) >= 11 is 0. The molecule has 0 bridgehead atoms. The Morgan fingerprint density at radius 2 is 2.17 bits per heavy atom. The van der Waals surface area contributed by atoms with Gasteiger partial charge in [-0.2, -0.15) is 0 Å². The molecule has 2 heterocycles. The lowest BCUT2D eigenvalue weighted by molar-refractivity contribution is -0.122. The van der Waals surface area contributed by atoms with E-state index in [4.69, 9.17) is 0 Å². The Labute approximate surface area is 140 Å². The molecule has 24 heavy (non-hydrogen) atoms. The van der Waals surface area contributed by atoms with Crippen molar-refractivity contribution in [3.05, 3.63) is 29.6 Å². The van der Waals surface area contributed by atoms with Gasteiger partial charge in [0, 0.05) is 11.3 Å². The molecule has 0 saturated carbocycles. The van der Waals surface area contributed by atoms with Gasteiger partial charge < -0.3 is 20.2 Å². The van der Waals surface area contributed by atoms with Gasteiger partial charge in [-0.15, -0.1) is 0 Å². The highest BCUT2D eigenvalue weighted by Gasteiger charge is 2.41. The van der Waals surface area contributed by atoms with Crippen LogP contribution in [0.15, 0.2) is 18.2 Å². The fourth-order valence-corrected chi connectivity index (χ4v) is 3.22. The van der Waals surface area contributed by atoms with E-state index in [0.29, 0.717) is 17.7 Å².